The maximum absolute atomic E-state index is 12.5. The van der Waals surface area contributed by atoms with Crippen LogP contribution in [0.3, 0.4) is 0 Å². The summed E-state index contributed by atoms with van der Waals surface area (Å²) < 4.78 is 4.63. The van der Waals surface area contributed by atoms with Gasteiger partial charge in [0.2, 0.25) is 17.7 Å². The highest BCUT2D eigenvalue weighted by Crippen LogP contribution is 2.29. The van der Waals surface area contributed by atoms with E-state index in [1.807, 2.05) is 6.07 Å². The summed E-state index contributed by atoms with van der Waals surface area (Å²) in [6.07, 6.45) is 0.335. The average molecular weight is 412 g/mol. The summed E-state index contributed by atoms with van der Waals surface area (Å²) in [6, 6.07) is 15.2. The van der Waals surface area contributed by atoms with Crippen LogP contribution in [0.2, 0.25) is 0 Å². The second-order valence-corrected chi connectivity index (χ2v) is 7.64. The number of benzene rings is 2. The van der Waals surface area contributed by atoms with Crippen LogP contribution in [-0.4, -0.2) is 41.8 Å². The summed E-state index contributed by atoms with van der Waals surface area (Å²) >= 11 is 1.31. The number of carbonyl (C=O) groups excluding carboxylic acids is 4. The zero-order valence-electron chi connectivity index (χ0n) is 15.8. The van der Waals surface area contributed by atoms with Crippen LogP contribution in [0.15, 0.2) is 54.6 Å². The van der Waals surface area contributed by atoms with Gasteiger partial charge in [-0.25, -0.2) is 9.69 Å². The van der Waals surface area contributed by atoms with Gasteiger partial charge in [-0.2, -0.15) is 0 Å². The predicted molar refractivity (Wildman–Crippen MR) is 111 cm³/mol. The molecule has 1 aliphatic heterocycles. The lowest BCUT2D eigenvalue weighted by atomic mass is 10.2. The van der Waals surface area contributed by atoms with E-state index in [1.54, 1.807) is 48.5 Å². The second kappa shape index (κ2) is 9.38. The first-order chi connectivity index (χ1) is 14.0. The zero-order chi connectivity index (χ0) is 20.8. The molecule has 3 amide bonds. The quantitative estimate of drug-likeness (QED) is 0.555. The van der Waals surface area contributed by atoms with E-state index in [2.05, 4.69) is 10.1 Å². The van der Waals surface area contributed by atoms with E-state index in [0.29, 0.717) is 22.7 Å². The van der Waals surface area contributed by atoms with Crippen molar-refractivity contribution in [1.82, 2.24) is 0 Å². The van der Waals surface area contributed by atoms with Crippen molar-refractivity contribution >= 4 is 46.8 Å². The number of esters is 1. The van der Waals surface area contributed by atoms with E-state index in [0.717, 1.165) is 0 Å². The van der Waals surface area contributed by atoms with Crippen molar-refractivity contribution in [2.24, 2.45) is 0 Å². The summed E-state index contributed by atoms with van der Waals surface area (Å²) in [6.45, 7) is 0. The minimum Gasteiger partial charge on any atom is -0.465 e. The summed E-state index contributed by atoms with van der Waals surface area (Å²) in [5, 5.41) is 2.26. The Morgan fingerprint density at radius 1 is 1.10 bits per heavy atom. The summed E-state index contributed by atoms with van der Waals surface area (Å²) in [5.41, 5.74) is 1.53. The smallest absolute Gasteiger partial charge is 0.337 e. The molecule has 1 heterocycles. The van der Waals surface area contributed by atoms with Crippen LogP contribution >= 0.6 is 11.8 Å². The van der Waals surface area contributed by atoms with E-state index in [4.69, 9.17) is 0 Å². The molecule has 7 nitrogen and oxygen atoms in total. The lowest BCUT2D eigenvalue weighted by Crippen LogP contribution is -2.31. The van der Waals surface area contributed by atoms with Crippen molar-refractivity contribution in [1.29, 1.82) is 0 Å². The van der Waals surface area contributed by atoms with Gasteiger partial charge in [0.15, 0.2) is 0 Å². The fourth-order valence-corrected chi connectivity index (χ4v) is 4.00. The predicted octanol–water partition coefficient (Wildman–Crippen LogP) is 2.87. The molecular formula is C21H20N2O5S. The first-order valence-electron chi connectivity index (χ1n) is 9.01. The molecule has 1 N–H and O–H groups in total. The van der Waals surface area contributed by atoms with E-state index in [1.165, 1.54) is 23.8 Å². The number of hydrogen-bond acceptors (Lipinski definition) is 6. The number of methoxy groups -OCH3 is 1. The normalized spacial score (nSPS) is 16.0. The number of nitrogens with one attached hydrogen (secondary N) is 1. The summed E-state index contributed by atoms with van der Waals surface area (Å²) in [7, 11) is 1.30. The number of anilines is 2. The monoisotopic (exact) mass is 412 g/mol. The van der Waals surface area contributed by atoms with Gasteiger partial charge in [-0.15, -0.1) is 11.8 Å². The Morgan fingerprint density at radius 3 is 2.45 bits per heavy atom. The minimum absolute atomic E-state index is 0.134. The van der Waals surface area contributed by atoms with Gasteiger partial charge in [-0.05, 0) is 36.4 Å². The number of thioether (sulfide) groups is 1. The van der Waals surface area contributed by atoms with Gasteiger partial charge in [0, 0.05) is 24.3 Å². The van der Waals surface area contributed by atoms with Gasteiger partial charge in [0.05, 0.1) is 23.6 Å². The Balaban J connectivity index is 1.47. The molecule has 0 spiro atoms. The molecule has 1 fully saturated rings. The molecule has 0 saturated carbocycles. The molecule has 1 unspecified atom stereocenters. The fraction of sp³-hybridized carbons (Fsp3) is 0.238. The molecule has 1 aliphatic rings. The Labute approximate surface area is 172 Å². The molecular weight excluding hydrogens is 392 g/mol. The number of imide groups is 1. The van der Waals surface area contributed by atoms with E-state index in [-0.39, 0.29) is 30.6 Å². The van der Waals surface area contributed by atoms with Gasteiger partial charge < -0.3 is 10.1 Å². The Kier molecular flexibility index (Phi) is 6.66. The number of amides is 3. The number of hydrogen-bond donors (Lipinski definition) is 1. The highest BCUT2D eigenvalue weighted by Gasteiger charge is 2.39. The number of rotatable bonds is 7. The fourth-order valence-electron chi connectivity index (χ4n) is 2.91. The molecule has 1 saturated heterocycles. The van der Waals surface area contributed by atoms with Crippen molar-refractivity contribution < 1.29 is 23.9 Å². The number of ether oxygens (including phenoxy) is 1. The molecule has 29 heavy (non-hydrogen) atoms. The van der Waals surface area contributed by atoms with Crippen LogP contribution in [0.5, 0.6) is 0 Å². The maximum atomic E-state index is 12.5. The third-order valence-corrected chi connectivity index (χ3v) is 5.57. The Hall–Kier alpha value is -3.13. The van der Waals surface area contributed by atoms with Crippen molar-refractivity contribution in [3.8, 4) is 0 Å². The van der Waals surface area contributed by atoms with E-state index < -0.39 is 11.2 Å². The van der Waals surface area contributed by atoms with Crippen molar-refractivity contribution in [2.75, 3.05) is 23.1 Å². The molecule has 3 rings (SSSR count). The Morgan fingerprint density at radius 2 is 1.79 bits per heavy atom. The number of carbonyl (C=O) groups is 4. The summed E-state index contributed by atoms with van der Waals surface area (Å²) in [5.74, 6) is -0.711. The van der Waals surface area contributed by atoms with Crippen LogP contribution in [0, 0.1) is 0 Å². The van der Waals surface area contributed by atoms with Crippen LogP contribution in [0.4, 0.5) is 11.4 Å². The molecule has 0 radical (unpaired) electrons. The minimum atomic E-state index is -0.477. The second-order valence-electron chi connectivity index (χ2n) is 6.33. The first-order valence-corrected chi connectivity index (χ1v) is 10.1. The molecule has 2 aromatic carbocycles. The molecule has 8 heteroatoms. The lowest BCUT2D eigenvalue weighted by molar-refractivity contribution is -0.121. The SMILES string of the molecule is COC(=O)c1ccc(NC(=O)CCSC2CC(=O)N(c3ccccc3)C2=O)cc1. The molecule has 0 aromatic heterocycles. The molecule has 0 aliphatic carbocycles. The third-order valence-electron chi connectivity index (χ3n) is 4.36. The molecule has 2 aromatic rings. The first kappa shape index (κ1) is 20.6. The van der Waals surface area contributed by atoms with Crippen LogP contribution in [0.1, 0.15) is 23.2 Å². The lowest BCUT2D eigenvalue weighted by Gasteiger charge is -2.14. The topological polar surface area (TPSA) is 92.8 Å². The summed E-state index contributed by atoms with van der Waals surface area (Å²) in [4.78, 5) is 49.5. The highest BCUT2D eigenvalue weighted by molar-refractivity contribution is 8.00. The molecule has 150 valence electrons. The highest BCUT2D eigenvalue weighted by atomic mass is 32.2. The van der Waals surface area contributed by atoms with E-state index >= 15 is 0 Å². The van der Waals surface area contributed by atoms with Crippen LogP contribution < -0.4 is 10.2 Å². The largest absolute Gasteiger partial charge is 0.465 e. The average Bonchev–Trinajstić information content (AvgIpc) is 3.01. The van der Waals surface area contributed by atoms with Gasteiger partial charge >= 0.3 is 5.97 Å². The Bertz CT molecular complexity index is 914. The maximum Gasteiger partial charge on any atom is 0.337 e. The van der Waals surface area contributed by atoms with Gasteiger partial charge in [0.25, 0.3) is 0 Å². The van der Waals surface area contributed by atoms with Crippen LogP contribution in [-0.2, 0) is 19.1 Å². The van der Waals surface area contributed by atoms with Crippen LogP contribution in [0.25, 0.3) is 0 Å². The van der Waals surface area contributed by atoms with Gasteiger partial charge in [-0.3, -0.25) is 14.4 Å². The van der Waals surface area contributed by atoms with Crippen molar-refractivity contribution in [3.05, 3.63) is 60.2 Å². The molecule has 0 bridgehead atoms. The third kappa shape index (κ3) is 5.03. The van der Waals surface area contributed by atoms with Gasteiger partial charge in [-0.1, -0.05) is 18.2 Å². The standard InChI is InChI=1S/C21H20N2O5S/c1-28-21(27)14-7-9-15(10-8-14)22-18(24)11-12-29-17-13-19(25)23(20(17)26)16-5-3-2-4-6-16/h2-10,17H,11-13H2,1H3,(H,22,24). The number of para-hydroxylation sites is 1. The van der Waals surface area contributed by atoms with Crippen molar-refractivity contribution in [3.63, 3.8) is 0 Å². The van der Waals surface area contributed by atoms with Crippen molar-refractivity contribution in [2.45, 2.75) is 18.1 Å². The van der Waals surface area contributed by atoms with E-state index in [9.17, 15) is 19.2 Å². The zero-order valence-corrected chi connectivity index (χ0v) is 16.6. The molecule has 1 atom stereocenters. The number of nitrogens with zero attached hydrogens (tertiary/aromatic N) is 1. The van der Waals surface area contributed by atoms with Gasteiger partial charge in [0.1, 0.15) is 0 Å².